The third kappa shape index (κ3) is 4.47. The highest BCUT2D eigenvalue weighted by atomic mass is 31.1. The lowest BCUT2D eigenvalue weighted by atomic mass is 9.95. The summed E-state index contributed by atoms with van der Waals surface area (Å²) in [5.41, 5.74) is 4.82. The summed E-state index contributed by atoms with van der Waals surface area (Å²) >= 11 is 0. The molecule has 0 aliphatic heterocycles. The Morgan fingerprint density at radius 1 is 0.561 bits per heavy atom. The first-order valence-corrected chi connectivity index (χ1v) is 16.5. The molecule has 0 bridgehead atoms. The van der Waals surface area contributed by atoms with Gasteiger partial charge in [-0.1, -0.05) is 117 Å². The van der Waals surface area contributed by atoms with Crippen molar-refractivity contribution in [2.75, 3.05) is 4.67 Å². The smallest absolute Gasteiger partial charge is 0.310 e. The van der Waals surface area contributed by atoms with E-state index in [9.17, 15) is 0 Å². The molecule has 1 saturated carbocycles. The van der Waals surface area contributed by atoms with Crippen molar-refractivity contribution >= 4 is 51.6 Å². The quantitative estimate of drug-likeness (QED) is 0.217. The van der Waals surface area contributed by atoms with E-state index in [1.54, 1.807) is 0 Å². The maximum Gasteiger partial charge on any atom is 0.310 e. The van der Waals surface area contributed by atoms with Crippen LogP contribution in [0.3, 0.4) is 0 Å². The zero-order chi connectivity index (χ0) is 27.2. The Balaban J connectivity index is 1.45. The first kappa shape index (κ1) is 25.2. The van der Waals surface area contributed by atoms with Gasteiger partial charge in [-0.15, -0.1) is 0 Å². The largest absolute Gasteiger partial charge is 0.408 e. The minimum absolute atomic E-state index is 0.313. The SMILES string of the molecule is c1ccc2c(c1)CCC2N(C1CCCCCCC1)p1oc2ccc3ccccc3c2c2c(ccc3ccccc32)o1. The van der Waals surface area contributed by atoms with Gasteiger partial charge in [-0.25, -0.2) is 0 Å². The van der Waals surface area contributed by atoms with Crippen LogP contribution in [0.25, 0.3) is 43.5 Å². The van der Waals surface area contributed by atoms with E-state index >= 15 is 0 Å². The predicted molar refractivity (Wildman–Crippen MR) is 173 cm³/mol. The lowest BCUT2D eigenvalue weighted by molar-refractivity contribution is 0.408. The van der Waals surface area contributed by atoms with Crippen molar-refractivity contribution in [3.8, 4) is 0 Å². The second kappa shape index (κ2) is 10.7. The van der Waals surface area contributed by atoms with Gasteiger partial charge in [-0.2, -0.15) is 4.67 Å². The summed E-state index contributed by atoms with van der Waals surface area (Å²) in [4.78, 5) is 0. The van der Waals surface area contributed by atoms with Crippen LogP contribution in [-0.2, 0) is 6.42 Å². The van der Waals surface area contributed by atoms with Crippen LogP contribution in [0.5, 0.6) is 0 Å². The molecule has 0 saturated heterocycles. The summed E-state index contributed by atoms with van der Waals surface area (Å²) in [5.74, 6) is 0. The summed E-state index contributed by atoms with van der Waals surface area (Å²) < 4.78 is 17.1. The van der Waals surface area contributed by atoms with Gasteiger partial charge in [0.15, 0.2) is 0 Å². The second-order valence-corrected chi connectivity index (χ2v) is 13.2. The number of nitrogens with zero attached hydrogens (tertiary/aromatic N) is 1. The molecule has 41 heavy (non-hydrogen) atoms. The lowest BCUT2D eigenvalue weighted by Crippen LogP contribution is -2.36. The molecular formula is C37H36NO2P. The van der Waals surface area contributed by atoms with Crippen LogP contribution in [0.4, 0.5) is 0 Å². The Kier molecular flexibility index (Phi) is 6.59. The summed E-state index contributed by atoms with van der Waals surface area (Å²) in [6, 6.07) is 36.0. The fraction of sp³-hybridized carbons (Fsp3) is 0.297. The fourth-order valence-corrected chi connectivity index (χ4v) is 9.29. The Hall–Kier alpha value is -3.52. The summed E-state index contributed by atoms with van der Waals surface area (Å²) in [6.45, 7) is 0. The Labute approximate surface area is 242 Å². The second-order valence-electron chi connectivity index (χ2n) is 11.9. The summed E-state index contributed by atoms with van der Waals surface area (Å²) in [7, 11) is -1.39. The maximum atomic E-state index is 7.18. The molecule has 8 rings (SSSR count). The molecule has 206 valence electrons. The molecule has 4 heteroatoms. The van der Waals surface area contributed by atoms with Gasteiger partial charge in [0.25, 0.3) is 0 Å². The van der Waals surface area contributed by atoms with Crippen LogP contribution in [0.15, 0.2) is 105 Å². The van der Waals surface area contributed by atoms with Gasteiger partial charge in [-0.3, -0.25) is 0 Å². The molecule has 1 fully saturated rings. The number of fused-ring (bicyclic) bond motifs is 8. The van der Waals surface area contributed by atoms with Crippen LogP contribution in [0, 0.1) is 0 Å². The van der Waals surface area contributed by atoms with E-state index in [1.165, 1.54) is 77.6 Å². The molecule has 0 radical (unpaired) electrons. The molecule has 1 unspecified atom stereocenters. The molecule has 0 N–H and O–H groups in total. The van der Waals surface area contributed by atoms with Crippen LogP contribution >= 0.6 is 8.16 Å². The van der Waals surface area contributed by atoms with Crippen LogP contribution < -0.4 is 4.67 Å². The van der Waals surface area contributed by atoms with Crippen molar-refractivity contribution in [2.24, 2.45) is 0 Å². The Morgan fingerprint density at radius 3 is 1.78 bits per heavy atom. The zero-order valence-electron chi connectivity index (χ0n) is 23.5. The van der Waals surface area contributed by atoms with Crippen LogP contribution in [0.2, 0.25) is 0 Å². The molecule has 1 heterocycles. The monoisotopic (exact) mass is 557 g/mol. The summed E-state index contributed by atoms with van der Waals surface area (Å²) in [5, 5.41) is 7.19. The van der Waals surface area contributed by atoms with Gasteiger partial charge < -0.3 is 8.39 Å². The Morgan fingerprint density at radius 2 is 1.12 bits per heavy atom. The van der Waals surface area contributed by atoms with Crippen LogP contribution in [0.1, 0.15) is 68.5 Å². The fourth-order valence-electron chi connectivity index (χ4n) is 7.46. The van der Waals surface area contributed by atoms with E-state index in [2.05, 4.69) is 102 Å². The molecule has 6 aromatic rings. The van der Waals surface area contributed by atoms with Gasteiger partial charge in [0.2, 0.25) is 0 Å². The van der Waals surface area contributed by atoms with E-state index in [-0.39, 0.29) is 0 Å². The van der Waals surface area contributed by atoms with E-state index in [0.717, 1.165) is 34.8 Å². The maximum absolute atomic E-state index is 7.18. The van der Waals surface area contributed by atoms with Crippen molar-refractivity contribution < 1.29 is 8.39 Å². The van der Waals surface area contributed by atoms with Gasteiger partial charge in [0.05, 0.1) is 0 Å². The minimum Gasteiger partial charge on any atom is -0.408 e. The number of rotatable bonds is 3. The van der Waals surface area contributed by atoms with E-state index in [1.807, 2.05) is 0 Å². The van der Waals surface area contributed by atoms with Crippen molar-refractivity contribution in [1.82, 2.24) is 0 Å². The molecular weight excluding hydrogens is 521 g/mol. The average molecular weight is 558 g/mol. The highest BCUT2D eigenvalue weighted by Crippen LogP contribution is 2.49. The summed E-state index contributed by atoms with van der Waals surface area (Å²) in [6.07, 6.45) is 11.2. The van der Waals surface area contributed by atoms with Crippen molar-refractivity contribution in [3.05, 3.63) is 108 Å². The lowest BCUT2D eigenvalue weighted by Gasteiger charge is -2.34. The third-order valence-corrected chi connectivity index (χ3v) is 11.1. The highest BCUT2D eigenvalue weighted by molar-refractivity contribution is 7.39. The Bertz CT molecular complexity index is 1820. The van der Waals surface area contributed by atoms with Gasteiger partial charge >= 0.3 is 8.16 Å². The topological polar surface area (TPSA) is 29.5 Å². The van der Waals surface area contributed by atoms with Gasteiger partial charge in [-0.05, 0) is 70.5 Å². The zero-order valence-corrected chi connectivity index (χ0v) is 24.4. The number of hydrogen-bond donors (Lipinski definition) is 0. The average Bonchev–Trinajstić information content (AvgIpc) is 3.33. The first-order chi connectivity index (χ1) is 20.3. The molecule has 0 spiro atoms. The van der Waals surface area contributed by atoms with Crippen molar-refractivity contribution in [3.63, 3.8) is 0 Å². The van der Waals surface area contributed by atoms with Crippen LogP contribution in [-0.4, -0.2) is 6.04 Å². The van der Waals surface area contributed by atoms with Gasteiger partial charge in [0, 0.05) is 22.9 Å². The van der Waals surface area contributed by atoms with E-state index in [0.29, 0.717) is 12.1 Å². The van der Waals surface area contributed by atoms with Gasteiger partial charge in [0.1, 0.15) is 11.2 Å². The number of aryl methyl sites for hydroxylation is 1. The number of benzene rings is 5. The molecule has 2 aliphatic rings. The van der Waals surface area contributed by atoms with E-state index < -0.39 is 8.16 Å². The molecule has 0 amide bonds. The predicted octanol–water partition coefficient (Wildman–Crippen LogP) is 11.3. The molecule has 5 aromatic carbocycles. The van der Waals surface area contributed by atoms with E-state index in [4.69, 9.17) is 8.39 Å². The molecule has 2 aliphatic carbocycles. The molecule has 1 aromatic heterocycles. The highest BCUT2D eigenvalue weighted by Gasteiger charge is 2.36. The normalized spacial score (nSPS) is 18.2. The standard InChI is InChI=1S/C37H36NO2P/c1-2-4-15-29(16-5-3-1)38(33-23-20-26-12-6-9-17-30(26)33)41-39-34-24-21-27-13-7-10-18-31(27)36(34)37-32-19-11-8-14-28(32)22-25-35(37)40-41/h6-14,17-19,21-22,24-25,29,33H,1-5,15-16,20,23H2. The third-order valence-electron chi connectivity index (χ3n) is 9.44. The molecule has 1 atom stereocenters. The van der Waals surface area contributed by atoms with Crippen molar-refractivity contribution in [2.45, 2.75) is 69.9 Å². The minimum atomic E-state index is -1.39. The van der Waals surface area contributed by atoms with Crippen molar-refractivity contribution in [1.29, 1.82) is 0 Å². The molecule has 3 nitrogen and oxygen atoms in total. The first-order valence-electron chi connectivity index (χ1n) is 15.4. The number of hydrogen-bond acceptors (Lipinski definition) is 3.